The van der Waals surface area contributed by atoms with Gasteiger partial charge in [0.1, 0.15) is 0 Å². The smallest absolute Gasteiger partial charge is 0.0695 e. The first kappa shape index (κ1) is 10.0. The molecule has 0 atom stereocenters. The molecule has 1 aromatic carbocycles. The Morgan fingerprint density at radius 2 is 2.31 bits per heavy atom. The van der Waals surface area contributed by atoms with Crippen LogP contribution < -0.4 is 5.32 Å². The lowest BCUT2D eigenvalue weighted by Gasteiger charge is -1.99. The molecule has 13 heavy (non-hydrogen) atoms. The number of H-pyrrole nitrogens is 1. The molecule has 4 heteroatoms. The molecule has 0 aliphatic heterocycles. The third kappa shape index (κ3) is 1.82. The number of rotatable bonds is 2. The van der Waals surface area contributed by atoms with Gasteiger partial charge in [0.25, 0.3) is 0 Å². The SMILES string of the molecule is CNCc1cccc2cn[nH]c12.Cl. The van der Waals surface area contributed by atoms with Crippen molar-refractivity contribution in [1.29, 1.82) is 0 Å². The number of benzene rings is 1. The van der Waals surface area contributed by atoms with E-state index >= 15 is 0 Å². The minimum atomic E-state index is 0. The van der Waals surface area contributed by atoms with Gasteiger partial charge >= 0.3 is 0 Å². The molecule has 0 bridgehead atoms. The molecule has 2 N–H and O–H groups in total. The van der Waals surface area contributed by atoms with Gasteiger partial charge in [-0.05, 0) is 12.6 Å². The van der Waals surface area contributed by atoms with Crippen molar-refractivity contribution in [2.24, 2.45) is 0 Å². The predicted molar refractivity (Wildman–Crippen MR) is 56.1 cm³/mol. The summed E-state index contributed by atoms with van der Waals surface area (Å²) >= 11 is 0. The lowest BCUT2D eigenvalue weighted by Crippen LogP contribution is -2.05. The summed E-state index contributed by atoms with van der Waals surface area (Å²) in [5.74, 6) is 0. The summed E-state index contributed by atoms with van der Waals surface area (Å²) in [5.41, 5.74) is 2.39. The highest BCUT2D eigenvalue weighted by Gasteiger charge is 1.99. The van der Waals surface area contributed by atoms with Crippen molar-refractivity contribution in [2.45, 2.75) is 6.54 Å². The third-order valence-corrected chi connectivity index (χ3v) is 1.93. The summed E-state index contributed by atoms with van der Waals surface area (Å²) in [6, 6.07) is 6.19. The first-order valence-electron chi connectivity index (χ1n) is 3.97. The molecule has 2 rings (SSSR count). The molecule has 0 saturated heterocycles. The fraction of sp³-hybridized carbons (Fsp3) is 0.222. The molecule has 0 radical (unpaired) electrons. The Kier molecular flexibility index (Phi) is 3.28. The molecule has 0 spiro atoms. The van der Waals surface area contributed by atoms with Crippen molar-refractivity contribution >= 4 is 23.3 Å². The average molecular weight is 198 g/mol. The number of nitrogens with one attached hydrogen (secondary N) is 2. The van der Waals surface area contributed by atoms with E-state index in [1.165, 1.54) is 10.9 Å². The van der Waals surface area contributed by atoms with Crippen LogP contribution in [0.3, 0.4) is 0 Å². The number of halogens is 1. The Bertz CT molecular complexity index is 383. The first-order chi connectivity index (χ1) is 5.92. The first-order valence-corrected chi connectivity index (χ1v) is 3.97. The zero-order valence-electron chi connectivity index (χ0n) is 7.37. The van der Waals surface area contributed by atoms with Crippen LogP contribution in [0.2, 0.25) is 0 Å². The van der Waals surface area contributed by atoms with Gasteiger partial charge in [-0.1, -0.05) is 18.2 Å². The van der Waals surface area contributed by atoms with Crippen molar-refractivity contribution < 1.29 is 0 Å². The van der Waals surface area contributed by atoms with E-state index in [0.29, 0.717) is 0 Å². The Hall–Kier alpha value is -1.06. The van der Waals surface area contributed by atoms with Crippen LogP contribution in [0, 0.1) is 0 Å². The number of nitrogens with zero attached hydrogens (tertiary/aromatic N) is 1. The number of aromatic amines is 1. The van der Waals surface area contributed by atoms with Crippen LogP contribution >= 0.6 is 12.4 Å². The zero-order chi connectivity index (χ0) is 8.39. The van der Waals surface area contributed by atoms with Gasteiger partial charge in [-0.25, -0.2) is 0 Å². The van der Waals surface area contributed by atoms with Crippen LogP contribution in [-0.2, 0) is 6.54 Å². The van der Waals surface area contributed by atoms with E-state index in [4.69, 9.17) is 0 Å². The van der Waals surface area contributed by atoms with E-state index in [0.717, 1.165) is 12.1 Å². The normalized spacial score (nSPS) is 9.92. The molecule has 3 nitrogen and oxygen atoms in total. The molecule has 0 saturated carbocycles. The zero-order valence-corrected chi connectivity index (χ0v) is 8.19. The van der Waals surface area contributed by atoms with Gasteiger partial charge in [0.15, 0.2) is 0 Å². The molecule has 1 heterocycles. The molecule has 0 aliphatic rings. The van der Waals surface area contributed by atoms with Crippen LogP contribution in [-0.4, -0.2) is 17.2 Å². The number of para-hydroxylation sites is 1. The molecule has 0 aliphatic carbocycles. The highest BCUT2D eigenvalue weighted by Crippen LogP contribution is 2.14. The second kappa shape index (κ2) is 4.25. The summed E-state index contributed by atoms with van der Waals surface area (Å²) in [6.45, 7) is 0.875. The van der Waals surface area contributed by atoms with Crippen molar-refractivity contribution in [2.75, 3.05) is 7.05 Å². The molecule has 0 amide bonds. The predicted octanol–water partition coefficient (Wildman–Crippen LogP) is 1.70. The highest BCUT2D eigenvalue weighted by atomic mass is 35.5. The lowest BCUT2D eigenvalue weighted by atomic mass is 10.1. The molecular formula is C9H12ClN3. The standard InChI is InChI=1S/C9H11N3.ClH/c1-10-5-7-3-2-4-8-6-11-12-9(7)8;/h2-4,6,10H,5H2,1H3,(H,11,12);1H. The van der Waals surface area contributed by atoms with Gasteiger partial charge in [0.05, 0.1) is 11.7 Å². The summed E-state index contributed by atoms with van der Waals surface area (Å²) in [7, 11) is 1.94. The fourth-order valence-electron chi connectivity index (χ4n) is 1.37. The van der Waals surface area contributed by atoms with Crippen molar-refractivity contribution in [3.05, 3.63) is 30.0 Å². The maximum atomic E-state index is 3.99. The summed E-state index contributed by atoms with van der Waals surface area (Å²) in [6.07, 6.45) is 1.84. The Morgan fingerprint density at radius 3 is 3.08 bits per heavy atom. The Morgan fingerprint density at radius 1 is 1.46 bits per heavy atom. The quantitative estimate of drug-likeness (QED) is 0.770. The van der Waals surface area contributed by atoms with Gasteiger partial charge in [0, 0.05) is 11.9 Å². The maximum absolute atomic E-state index is 3.99. The number of aromatic nitrogens is 2. The Labute approximate surface area is 82.9 Å². The number of hydrogen-bond acceptors (Lipinski definition) is 2. The van der Waals surface area contributed by atoms with Gasteiger partial charge < -0.3 is 5.32 Å². The molecule has 0 fully saturated rings. The van der Waals surface area contributed by atoms with E-state index in [2.05, 4.69) is 27.6 Å². The van der Waals surface area contributed by atoms with Gasteiger partial charge in [0.2, 0.25) is 0 Å². The van der Waals surface area contributed by atoms with E-state index < -0.39 is 0 Å². The maximum Gasteiger partial charge on any atom is 0.0695 e. The van der Waals surface area contributed by atoms with Gasteiger partial charge in [-0.2, -0.15) is 5.10 Å². The minimum absolute atomic E-state index is 0. The molecule has 2 aromatic rings. The molecule has 0 unspecified atom stereocenters. The molecule has 1 aromatic heterocycles. The van der Waals surface area contributed by atoms with E-state index in [-0.39, 0.29) is 12.4 Å². The molecule has 70 valence electrons. The van der Waals surface area contributed by atoms with E-state index in [1.54, 1.807) is 0 Å². The van der Waals surface area contributed by atoms with Crippen LogP contribution in [0.5, 0.6) is 0 Å². The van der Waals surface area contributed by atoms with Crippen LogP contribution in [0.1, 0.15) is 5.56 Å². The van der Waals surface area contributed by atoms with Crippen LogP contribution in [0.25, 0.3) is 10.9 Å². The van der Waals surface area contributed by atoms with Crippen molar-refractivity contribution in [1.82, 2.24) is 15.5 Å². The topological polar surface area (TPSA) is 40.7 Å². The summed E-state index contributed by atoms with van der Waals surface area (Å²) < 4.78 is 0. The lowest BCUT2D eigenvalue weighted by molar-refractivity contribution is 0.821. The van der Waals surface area contributed by atoms with Gasteiger partial charge in [-0.15, -0.1) is 12.4 Å². The summed E-state index contributed by atoms with van der Waals surface area (Å²) in [4.78, 5) is 0. The third-order valence-electron chi connectivity index (χ3n) is 1.93. The largest absolute Gasteiger partial charge is 0.316 e. The van der Waals surface area contributed by atoms with Crippen LogP contribution in [0.4, 0.5) is 0 Å². The minimum Gasteiger partial charge on any atom is -0.316 e. The van der Waals surface area contributed by atoms with Gasteiger partial charge in [-0.3, -0.25) is 5.10 Å². The summed E-state index contributed by atoms with van der Waals surface area (Å²) in [5, 5.41) is 11.3. The highest BCUT2D eigenvalue weighted by molar-refractivity contribution is 5.85. The molecular weight excluding hydrogens is 186 g/mol. The fourth-order valence-corrected chi connectivity index (χ4v) is 1.37. The number of fused-ring (bicyclic) bond motifs is 1. The van der Waals surface area contributed by atoms with Crippen molar-refractivity contribution in [3.8, 4) is 0 Å². The van der Waals surface area contributed by atoms with Crippen LogP contribution in [0.15, 0.2) is 24.4 Å². The van der Waals surface area contributed by atoms with E-state index in [9.17, 15) is 0 Å². The monoisotopic (exact) mass is 197 g/mol. The second-order valence-corrected chi connectivity index (χ2v) is 2.78. The number of hydrogen-bond donors (Lipinski definition) is 2. The second-order valence-electron chi connectivity index (χ2n) is 2.78. The van der Waals surface area contributed by atoms with E-state index in [1.807, 2.05) is 19.3 Å². The van der Waals surface area contributed by atoms with Crippen molar-refractivity contribution in [3.63, 3.8) is 0 Å². The average Bonchev–Trinajstić information content (AvgIpc) is 2.53. The Balaban J connectivity index is 0.000000845.